The van der Waals surface area contributed by atoms with E-state index in [2.05, 4.69) is 33.9 Å². The van der Waals surface area contributed by atoms with E-state index in [1.165, 1.54) is 17.7 Å². The number of pyridine rings is 1. The molecule has 1 unspecified atom stereocenters. The minimum absolute atomic E-state index is 0.525. The van der Waals surface area contributed by atoms with E-state index >= 15 is 0 Å². The van der Waals surface area contributed by atoms with Gasteiger partial charge in [-0.3, -0.25) is 4.98 Å². The van der Waals surface area contributed by atoms with Crippen LogP contribution in [0.15, 0.2) is 41.9 Å². The molecular formula is C14H16N2S. The lowest BCUT2D eigenvalue weighted by Gasteiger charge is -2.16. The van der Waals surface area contributed by atoms with Crippen molar-refractivity contribution in [3.05, 3.63) is 52.5 Å². The summed E-state index contributed by atoms with van der Waals surface area (Å²) in [4.78, 5) is 5.81. The van der Waals surface area contributed by atoms with E-state index in [4.69, 9.17) is 0 Å². The third-order valence-electron chi connectivity index (χ3n) is 3.17. The first kappa shape index (κ1) is 10.9. The van der Waals surface area contributed by atoms with Crippen LogP contribution in [0, 0.1) is 5.92 Å². The molecule has 1 N–H and O–H groups in total. The second kappa shape index (κ2) is 4.98. The fourth-order valence-corrected chi connectivity index (χ4v) is 3.01. The Hall–Kier alpha value is -1.19. The molecule has 0 bridgehead atoms. The Balaban J connectivity index is 1.66. The van der Waals surface area contributed by atoms with Crippen molar-refractivity contribution in [2.75, 3.05) is 0 Å². The molecule has 0 amide bonds. The van der Waals surface area contributed by atoms with Gasteiger partial charge in [0.25, 0.3) is 0 Å². The van der Waals surface area contributed by atoms with Crippen molar-refractivity contribution in [2.45, 2.75) is 25.4 Å². The van der Waals surface area contributed by atoms with Gasteiger partial charge in [0.1, 0.15) is 0 Å². The smallest absolute Gasteiger partial charge is 0.0541 e. The van der Waals surface area contributed by atoms with Gasteiger partial charge in [-0.1, -0.05) is 12.1 Å². The van der Waals surface area contributed by atoms with E-state index in [-0.39, 0.29) is 0 Å². The SMILES string of the molecule is c1ccc(CNC(c2cccs2)C2CC2)nc1. The molecule has 1 atom stereocenters. The second-order valence-electron chi connectivity index (χ2n) is 4.53. The highest BCUT2D eigenvalue weighted by molar-refractivity contribution is 7.10. The molecule has 1 aliphatic carbocycles. The fourth-order valence-electron chi connectivity index (χ4n) is 2.11. The first-order valence-electron chi connectivity index (χ1n) is 6.10. The predicted molar refractivity (Wildman–Crippen MR) is 70.9 cm³/mol. The van der Waals surface area contributed by atoms with Crippen LogP contribution in [0.5, 0.6) is 0 Å². The monoisotopic (exact) mass is 244 g/mol. The van der Waals surface area contributed by atoms with E-state index in [0.29, 0.717) is 6.04 Å². The van der Waals surface area contributed by atoms with Gasteiger partial charge in [-0.15, -0.1) is 11.3 Å². The van der Waals surface area contributed by atoms with Gasteiger partial charge in [0.05, 0.1) is 5.69 Å². The summed E-state index contributed by atoms with van der Waals surface area (Å²) in [5, 5.41) is 5.81. The molecule has 0 saturated heterocycles. The Kier molecular flexibility index (Phi) is 3.20. The largest absolute Gasteiger partial charge is 0.303 e. The molecule has 2 heterocycles. The van der Waals surface area contributed by atoms with Gasteiger partial charge in [-0.05, 0) is 42.3 Å². The van der Waals surface area contributed by atoms with Crippen molar-refractivity contribution >= 4 is 11.3 Å². The third kappa shape index (κ3) is 2.73. The molecule has 0 aliphatic heterocycles. The molecule has 2 aromatic heterocycles. The molecule has 2 nitrogen and oxygen atoms in total. The van der Waals surface area contributed by atoms with Crippen LogP contribution in [-0.4, -0.2) is 4.98 Å². The summed E-state index contributed by atoms with van der Waals surface area (Å²) in [5.74, 6) is 0.831. The topological polar surface area (TPSA) is 24.9 Å². The van der Waals surface area contributed by atoms with E-state index in [1.807, 2.05) is 29.7 Å². The maximum atomic E-state index is 4.35. The lowest BCUT2D eigenvalue weighted by Crippen LogP contribution is -2.22. The number of hydrogen-bond acceptors (Lipinski definition) is 3. The molecule has 0 radical (unpaired) electrons. The second-order valence-corrected chi connectivity index (χ2v) is 5.51. The van der Waals surface area contributed by atoms with E-state index in [1.54, 1.807) is 0 Å². The van der Waals surface area contributed by atoms with Crippen molar-refractivity contribution in [1.29, 1.82) is 0 Å². The van der Waals surface area contributed by atoms with E-state index in [9.17, 15) is 0 Å². The Morgan fingerprint density at radius 2 is 2.24 bits per heavy atom. The van der Waals surface area contributed by atoms with Gasteiger partial charge in [0.15, 0.2) is 0 Å². The van der Waals surface area contributed by atoms with Crippen molar-refractivity contribution < 1.29 is 0 Å². The van der Waals surface area contributed by atoms with Crippen molar-refractivity contribution in [1.82, 2.24) is 10.3 Å². The summed E-state index contributed by atoms with van der Waals surface area (Å²) in [5.41, 5.74) is 1.12. The third-order valence-corrected chi connectivity index (χ3v) is 4.13. The number of rotatable bonds is 5. The molecule has 1 saturated carbocycles. The molecule has 3 rings (SSSR count). The molecule has 0 aromatic carbocycles. The first-order valence-corrected chi connectivity index (χ1v) is 6.98. The summed E-state index contributed by atoms with van der Waals surface area (Å²) in [6.07, 6.45) is 4.57. The minimum Gasteiger partial charge on any atom is -0.303 e. The van der Waals surface area contributed by atoms with Gasteiger partial charge in [-0.25, -0.2) is 0 Å². The van der Waals surface area contributed by atoms with Gasteiger partial charge in [0, 0.05) is 23.7 Å². The highest BCUT2D eigenvalue weighted by atomic mass is 32.1. The van der Waals surface area contributed by atoms with Crippen LogP contribution in [0.2, 0.25) is 0 Å². The predicted octanol–water partition coefficient (Wildman–Crippen LogP) is 3.38. The Morgan fingerprint density at radius 1 is 1.29 bits per heavy atom. The van der Waals surface area contributed by atoms with Crippen LogP contribution in [0.1, 0.15) is 29.5 Å². The molecular weight excluding hydrogens is 228 g/mol. The van der Waals surface area contributed by atoms with Crippen molar-refractivity contribution in [3.8, 4) is 0 Å². The zero-order chi connectivity index (χ0) is 11.5. The molecule has 1 aliphatic rings. The Bertz CT molecular complexity index is 448. The quantitative estimate of drug-likeness (QED) is 0.872. The van der Waals surface area contributed by atoms with Crippen LogP contribution in [0.3, 0.4) is 0 Å². The summed E-state index contributed by atoms with van der Waals surface area (Å²) in [6.45, 7) is 0.861. The molecule has 0 spiro atoms. The average Bonchev–Trinajstić information content (AvgIpc) is 3.06. The number of hydrogen-bond donors (Lipinski definition) is 1. The molecule has 2 aromatic rings. The van der Waals surface area contributed by atoms with Crippen LogP contribution in [-0.2, 0) is 6.54 Å². The highest BCUT2D eigenvalue weighted by Crippen LogP contribution is 2.42. The Labute approximate surface area is 106 Å². The van der Waals surface area contributed by atoms with Gasteiger partial charge in [-0.2, -0.15) is 0 Å². The highest BCUT2D eigenvalue weighted by Gasteiger charge is 2.32. The van der Waals surface area contributed by atoms with E-state index < -0.39 is 0 Å². The maximum absolute atomic E-state index is 4.35. The average molecular weight is 244 g/mol. The van der Waals surface area contributed by atoms with Crippen LogP contribution < -0.4 is 5.32 Å². The first-order chi connectivity index (χ1) is 8.43. The summed E-state index contributed by atoms with van der Waals surface area (Å²) < 4.78 is 0. The number of aromatic nitrogens is 1. The zero-order valence-corrected chi connectivity index (χ0v) is 10.5. The van der Waals surface area contributed by atoms with Crippen molar-refractivity contribution in [2.24, 2.45) is 5.92 Å². The fraction of sp³-hybridized carbons (Fsp3) is 0.357. The van der Waals surface area contributed by atoms with Crippen molar-refractivity contribution in [3.63, 3.8) is 0 Å². The zero-order valence-electron chi connectivity index (χ0n) is 9.67. The van der Waals surface area contributed by atoms with E-state index in [0.717, 1.165) is 18.2 Å². The lowest BCUT2D eigenvalue weighted by molar-refractivity contribution is 0.483. The summed E-state index contributed by atoms with van der Waals surface area (Å²) in [6, 6.07) is 11.0. The number of nitrogens with zero attached hydrogens (tertiary/aromatic N) is 1. The molecule has 3 heteroatoms. The Morgan fingerprint density at radius 3 is 2.88 bits per heavy atom. The normalized spacial score (nSPS) is 16.9. The van der Waals surface area contributed by atoms with Gasteiger partial charge >= 0.3 is 0 Å². The van der Waals surface area contributed by atoms with Gasteiger partial charge < -0.3 is 5.32 Å². The van der Waals surface area contributed by atoms with Crippen LogP contribution in [0.4, 0.5) is 0 Å². The molecule has 17 heavy (non-hydrogen) atoms. The van der Waals surface area contributed by atoms with Gasteiger partial charge in [0.2, 0.25) is 0 Å². The summed E-state index contributed by atoms with van der Waals surface area (Å²) in [7, 11) is 0. The number of nitrogens with one attached hydrogen (secondary N) is 1. The molecule has 88 valence electrons. The minimum atomic E-state index is 0.525. The maximum Gasteiger partial charge on any atom is 0.0541 e. The lowest BCUT2D eigenvalue weighted by atomic mass is 10.1. The molecule has 1 fully saturated rings. The van der Waals surface area contributed by atoms with Crippen LogP contribution >= 0.6 is 11.3 Å². The number of thiophene rings is 1. The van der Waals surface area contributed by atoms with Crippen LogP contribution in [0.25, 0.3) is 0 Å². The summed E-state index contributed by atoms with van der Waals surface area (Å²) >= 11 is 1.85. The standard InChI is InChI=1S/C14H16N2S/c1-2-8-15-12(4-1)10-16-14(11-6-7-11)13-5-3-9-17-13/h1-5,8-9,11,14,16H,6-7,10H2.